The van der Waals surface area contributed by atoms with Gasteiger partial charge >= 0.3 is 6.18 Å². The highest BCUT2D eigenvalue weighted by molar-refractivity contribution is 5.22. The zero-order chi connectivity index (χ0) is 11.3. The Morgan fingerprint density at radius 1 is 1.20 bits per heavy atom. The average Bonchev–Trinajstić information content (AvgIpc) is 2.16. The summed E-state index contributed by atoms with van der Waals surface area (Å²) in [4.78, 5) is 0. The lowest BCUT2D eigenvalue weighted by molar-refractivity contribution is -0.176. The molecular formula is C10H12F3NO. The average molecular weight is 219 g/mol. The predicted octanol–water partition coefficient (Wildman–Crippen LogP) is 2.22. The first-order valence-electron chi connectivity index (χ1n) is 4.43. The molecule has 1 rings (SSSR count). The van der Waals surface area contributed by atoms with Crippen molar-refractivity contribution in [2.45, 2.75) is 19.3 Å². The van der Waals surface area contributed by atoms with Crippen LogP contribution in [0, 0.1) is 0 Å². The van der Waals surface area contributed by atoms with E-state index in [4.69, 9.17) is 5.73 Å². The monoisotopic (exact) mass is 219 g/mol. The lowest BCUT2D eigenvalue weighted by Crippen LogP contribution is -2.16. The molecule has 84 valence electrons. The van der Waals surface area contributed by atoms with Gasteiger partial charge in [-0.2, -0.15) is 13.2 Å². The van der Waals surface area contributed by atoms with Gasteiger partial charge in [0, 0.05) is 6.54 Å². The number of hydrogen-bond acceptors (Lipinski definition) is 2. The van der Waals surface area contributed by atoms with Crippen molar-refractivity contribution in [1.29, 1.82) is 0 Å². The van der Waals surface area contributed by atoms with Crippen molar-refractivity contribution < 1.29 is 17.9 Å². The van der Waals surface area contributed by atoms with Crippen LogP contribution in [0.2, 0.25) is 0 Å². The van der Waals surface area contributed by atoms with Crippen LogP contribution in [0.3, 0.4) is 0 Å². The molecule has 2 N–H and O–H groups in total. The van der Waals surface area contributed by atoms with Crippen LogP contribution >= 0.6 is 0 Å². The molecule has 0 fully saturated rings. The molecule has 0 unspecified atom stereocenters. The van der Waals surface area contributed by atoms with Gasteiger partial charge in [-0.1, -0.05) is 24.3 Å². The summed E-state index contributed by atoms with van der Waals surface area (Å²) in [7, 11) is 0. The third-order valence-corrected chi connectivity index (χ3v) is 1.76. The number of rotatable bonds is 4. The van der Waals surface area contributed by atoms with E-state index >= 15 is 0 Å². The molecule has 0 saturated carbocycles. The van der Waals surface area contributed by atoms with Gasteiger partial charge < -0.3 is 10.5 Å². The fourth-order valence-corrected chi connectivity index (χ4v) is 1.13. The molecule has 0 spiro atoms. The maximum Gasteiger partial charge on any atom is 0.411 e. The van der Waals surface area contributed by atoms with Gasteiger partial charge in [-0.3, -0.25) is 0 Å². The Labute approximate surface area is 85.8 Å². The zero-order valence-electron chi connectivity index (χ0n) is 8.05. The summed E-state index contributed by atoms with van der Waals surface area (Å²) >= 11 is 0. The molecule has 0 aromatic heterocycles. The lowest BCUT2D eigenvalue weighted by atomic mass is 10.1. The van der Waals surface area contributed by atoms with Crippen LogP contribution in [0.4, 0.5) is 13.2 Å². The number of hydrogen-bond donors (Lipinski definition) is 1. The van der Waals surface area contributed by atoms with Crippen LogP contribution in [0.25, 0.3) is 0 Å². The van der Waals surface area contributed by atoms with Gasteiger partial charge in [0.25, 0.3) is 0 Å². The van der Waals surface area contributed by atoms with Crippen LogP contribution in [-0.2, 0) is 17.9 Å². The van der Waals surface area contributed by atoms with Gasteiger partial charge in [-0.05, 0) is 11.1 Å². The van der Waals surface area contributed by atoms with Crippen LogP contribution in [0.5, 0.6) is 0 Å². The van der Waals surface area contributed by atoms with Gasteiger partial charge in [0.2, 0.25) is 0 Å². The van der Waals surface area contributed by atoms with E-state index in [9.17, 15) is 13.2 Å². The summed E-state index contributed by atoms with van der Waals surface area (Å²) in [5.74, 6) is 0. The minimum Gasteiger partial charge on any atom is -0.367 e. The minimum atomic E-state index is -4.27. The molecule has 0 aliphatic carbocycles. The highest BCUT2D eigenvalue weighted by Crippen LogP contribution is 2.15. The van der Waals surface area contributed by atoms with Gasteiger partial charge in [0.1, 0.15) is 6.61 Å². The first kappa shape index (κ1) is 12.0. The second-order valence-corrected chi connectivity index (χ2v) is 3.13. The summed E-state index contributed by atoms with van der Waals surface area (Å²) in [6, 6.07) is 6.99. The Morgan fingerprint density at radius 3 is 2.47 bits per heavy atom. The predicted molar refractivity (Wildman–Crippen MR) is 50.0 cm³/mol. The Hall–Kier alpha value is -1.07. The topological polar surface area (TPSA) is 35.2 Å². The number of nitrogens with two attached hydrogens (primary N) is 1. The normalized spacial score (nSPS) is 11.7. The van der Waals surface area contributed by atoms with E-state index in [1.54, 1.807) is 18.2 Å². The molecule has 1 aromatic rings. The summed E-state index contributed by atoms with van der Waals surface area (Å²) in [5, 5.41) is 0. The summed E-state index contributed by atoms with van der Waals surface area (Å²) < 4.78 is 39.8. The van der Waals surface area contributed by atoms with Gasteiger partial charge in [0.05, 0.1) is 6.61 Å². The minimum absolute atomic E-state index is 0.0483. The molecule has 0 saturated heterocycles. The number of benzene rings is 1. The quantitative estimate of drug-likeness (QED) is 0.842. The van der Waals surface area contributed by atoms with Crippen molar-refractivity contribution >= 4 is 0 Å². The highest BCUT2D eigenvalue weighted by atomic mass is 19.4. The van der Waals surface area contributed by atoms with E-state index in [1.165, 1.54) is 0 Å². The smallest absolute Gasteiger partial charge is 0.367 e. The van der Waals surface area contributed by atoms with Crippen molar-refractivity contribution in [2.75, 3.05) is 6.61 Å². The SMILES string of the molecule is NCc1cccc(COCC(F)(F)F)c1. The van der Waals surface area contributed by atoms with Crippen LogP contribution in [-0.4, -0.2) is 12.8 Å². The van der Waals surface area contributed by atoms with Gasteiger partial charge in [0.15, 0.2) is 0 Å². The van der Waals surface area contributed by atoms with E-state index in [1.807, 2.05) is 6.07 Å². The van der Waals surface area contributed by atoms with E-state index in [2.05, 4.69) is 4.74 Å². The molecule has 0 atom stereocenters. The number of alkyl halides is 3. The van der Waals surface area contributed by atoms with Crippen molar-refractivity contribution in [3.8, 4) is 0 Å². The maximum atomic E-state index is 11.8. The van der Waals surface area contributed by atoms with Gasteiger partial charge in [-0.25, -0.2) is 0 Å². The standard InChI is InChI=1S/C10H12F3NO/c11-10(12,13)7-15-6-9-3-1-2-8(4-9)5-14/h1-4H,5-7,14H2. The number of ether oxygens (including phenoxy) is 1. The van der Waals surface area contributed by atoms with E-state index in [0.717, 1.165) is 5.56 Å². The molecule has 15 heavy (non-hydrogen) atoms. The zero-order valence-corrected chi connectivity index (χ0v) is 8.05. The van der Waals surface area contributed by atoms with Crippen LogP contribution in [0.1, 0.15) is 11.1 Å². The lowest BCUT2D eigenvalue weighted by Gasteiger charge is -2.08. The third-order valence-electron chi connectivity index (χ3n) is 1.76. The maximum absolute atomic E-state index is 11.8. The molecular weight excluding hydrogens is 207 g/mol. The molecule has 0 aliphatic heterocycles. The van der Waals surface area contributed by atoms with E-state index in [-0.39, 0.29) is 6.61 Å². The Bertz CT molecular complexity index is 312. The van der Waals surface area contributed by atoms with Crippen molar-refractivity contribution in [1.82, 2.24) is 0 Å². The Balaban J connectivity index is 2.44. The largest absolute Gasteiger partial charge is 0.411 e. The first-order valence-corrected chi connectivity index (χ1v) is 4.43. The van der Waals surface area contributed by atoms with Crippen LogP contribution < -0.4 is 5.73 Å². The van der Waals surface area contributed by atoms with Crippen molar-refractivity contribution in [3.05, 3.63) is 35.4 Å². The Morgan fingerprint density at radius 2 is 1.87 bits per heavy atom. The molecule has 0 aliphatic rings. The van der Waals surface area contributed by atoms with Gasteiger partial charge in [-0.15, -0.1) is 0 Å². The molecule has 0 amide bonds. The molecule has 0 bridgehead atoms. The fraction of sp³-hybridized carbons (Fsp3) is 0.400. The fourth-order valence-electron chi connectivity index (χ4n) is 1.13. The molecule has 0 heterocycles. The molecule has 0 radical (unpaired) electrons. The second-order valence-electron chi connectivity index (χ2n) is 3.13. The van der Waals surface area contributed by atoms with Crippen LogP contribution in [0.15, 0.2) is 24.3 Å². The second kappa shape index (κ2) is 5.14. The van der Waals surface area contributed by atoms with E-state index in [0.29, 0.717) is 12.1 Å². The number of halogens is 3. The molecule has 2 nitrogen and oxygen atoms in total. The molecule has 1 aromatic carbocycles. The molecule has 5 heteroatoms. The highest BCUT2D eigenvalue weighted by Gasteiger charge is 2.27. The van der Waals surface area contributed by atoms with Crippen molar-refractivity contribution in [2.24, 2.45) is 5.73 Å². The first-order chi connectivity index (χ1) is 7.01. The van der Waals surface area contributed by atoms with Crippen molar-refractivity contribution in [3.63, 3.8) is 0 Å². The van der Waals surface area contributed by atoms with E-state index < -0.39 is 12.8 Å². The Kier molecular flexibility index (Phi) is 4.11. The third kappa shape index (κ3) is 4.80. The summed E-state index contributed by atoms with van der Waals surface area (Å²) in [5.41, 5.74) is 6.97. The summed E-state index contributed by atoms with van der Waals surface area (Å²) in [6.07, 6.45) is -4.27. The summed E-state index contributed by atoms with van der Waals surface area (Å²) in [6.45, 7) is -0.902.